The highest BCUT2D eigenvalue weighted by Gasteiger charge is 2.09. The Labute approximate surface area is 116 Å². The second kappa shape index (κ2) is 5.59. The van der Waals surface area contributed by atoms with Crippen LogP contribution in [0.4, 0.5) is 0 Å². The Hall–Kier alpha value is -1.26. The number of benzene rings is 1. The van der Waals surface area contributed by atoms with Crippen LogP contribution in [0.25, 0.3) is 0 Å². The molecule has 2 rings (SSSR count). The molecule has 18 heavy (non-hydrogen) atoms. The maximum Gasteiger partial charge on any atom is 0.252 e. The van der Waals surface area contributed by atoms with E-state index in [9.17, 15) is 4.79 Å². The van der Waals surface area contributed by atoms with E-state index in [0.717, 1.165) is 0 Å². The lowest BCUT2D eigenvalue weighted by Gasteiger charge is -2.05. The Kier molecular flexibility index (Phi) is 4.09. The third-order valence-electron chi connectivity index (χ3n) is 2.79. The number of amides is 1. The van der Waals surface area contributed by atoms with E-state index in [0.29, 0.717) is 17.0 Å². The zero-order valence-corrected chi connectivity index (χ0v) is 12.1. The van der Waals surface area contributed by atoms with Crippen molar-refractivity contribution in [3.8, 4) is 0 Å². The third kappa shape index (κ3) is 2.94. The molecule has 2 aromatic rings. The zero-order chi connectivity index (χ0) is 13.1. The molecule has 0 saturated heterocycles. The first-order valence-corrected chi connectivity index (χ1v) is 6.96. The molecule has 0 atom stereocenters. The van der Waals surface area contributed by atoms with E-state index in [2.05, 4.69) is 37.9 Å². The van der Waals surface area contributed by atoms with Gasteiger partial charge < -0.3 is 5.32 Å². The number of thiol groups is 1. The molecular weight excluding hydrogens is 262 g/mol. The van der Waals surface area contributed by atoms with Gasteiger partial charge in [-0.3, -0.25) is 4.79 Å². The van der Waals surface area contributed by atoms with Crippen molar-refractivity contribution in [2.24, 2.45) is 0 Å². The Bertz CT molecular complexity index is 555. The van der Waals surface area contributed by atoms with Crippen LogP contribution in [-0.2, 0) is 6.54 Å². The van der Waals surface area contributed by atoms with Crippen molar-refractivity contribution in [2.75, 3.05) is 0 Å². The summed E-state index contributed by atoms with van der Waals surface area (Å²) in [7, 11) is 0. The number of hydrogen-bond donors (Lipinski definition) is 2. The quantitative estimate of drug-likeness (QED) is 0.825. The van der Waals surface area contributed by atoms with Crippen LogP contribution in [0.15, 0.2) is 35.2 Å². The van der Waals surface area contributed by atoms with Gasteiger partial charge in [0.1, 0.15) is 0 Å². The van der Waals surface area contributed by atoms with E-state index in [1.807, 2.05) is 18.2 Å². The van der Waals surface area contributed by atoms with Gasteiger partial charge >= 0.3 is 0 Å². The van der Waals surface area contributed by atoms with Crippen molar-refractivity contribution in [3.05, 3.63) is 51.2 Å². The van der Waals surface area contributed by atoms with E-state index in [4.69, 9.17) is 0 Å². The largest absolute Gasteiger partial charge is 0.347 e. The molecule has 0 aliphatic rings. The molecular formula is C14H15NOS2. The van der Waals surface area contributed by atoms with E-state index in [1.54, 1.807) is 17.4 Å². The Morgan fingerprint density at radius 1 is 1.33 bits per heavy atom. The summed E-state index contributed by atoms with van der Waals surface area (Å²) in [5.74, 6) is -0.0793. The first-order chi connectivity index (χ1) is 8.58. The highest BCUT2D eigenvalue weighted by Crippen LogP contribution is 2.20. The predicted octanol–water partition coefficient (Wildman–Crippen LogP) is 3.58. The number of aryl methyl sites for hydroxylation is 2. The van der Waals surface area contributed by atoms with Gasteiger partial charge in [0.2, 0.25) is 0 Å². The molecule has 1 amide bonds. The molecule has 1 aromatic carbocycles. The predicted molar refractivity (Wildman–Crippen MR) is 78.7 cm³/mol. The van der Waals surface area contributed by atoms with Gasteiger partial charge in [-0.25, -0.2) is 0 Å². The maximum absolute atomic E-state index is 12.0. The van der Waals surface area contributed by atoms with Crippen LogP contribution in [0.3, 0.4) is 0 Å². The van der Waals surface area contributed by atoms with Gasteiger partial charge in [0.25, 0.3) is 5.91 Å². The average molecular weight is 277 g/mol. The summed E-state index contributed by atoms with van der Waals surface area (Å²) in [6, 6.07) is 9.42. The standard InChI is InChI=1S/C14H15NOS2/c1-9-7-11(18-10(9)2)8-15-14(16)12-5-3-4-6-13(12)17/h3-7,17H,8H2,1-2H3,(H,15,16). The van der Waals surface area contributed by atoms with Gasteiger partial charge in [0, 0.05) is 14.6 Å². The van der Waals surface area contributed by atoms with Crippen molar-refractivity contribution >= 4 is 29.9 Å². The van der Waals surface area contributed by atoms with Crippen molar-refractivity contribution in [2.45, 2.75) is 25.3 Å². The number of thiophene rings is 1. The van der Waals surface area contributed by atoms with Crippen molar-refractivity contribution in [1.29, 1.82) is 0 Å². The van der Waals surface area contributed by atoms with Crippen LogP contribution >= 0.6 is 24.0 Å². The molecule has 0 bridgehead atoms. The van der Waals surface area contributed by atoms with Crippen LogP contribution < -0.4 is 5.32 Å². The van der Waals surface area contributed by atoms with E-state index < -0.39 is 0 Å². The molecule has 4 heteroatoms. The zero-order valence-electron chi connectivity index (χ0n) is 10.4. The van der Waals surface area contributed by atoms with Crippen LogP contribution in [0.5, 0.6) is 0 Å². The van der Waals surface area contributed by atoms with E-state index in [1.165, 1.54) is 15.3 Å². The number of hydrogen-bond acceptors (Lipinski definition) is 3. The van der Waals surface area contributed by atoms with Crippen LogP contribution in [0.2, 0.25) is 0 Å². The lowest BCUT2D eigenvalue weighted by atomic mass is 10.2. The first-order valence-electron chi connectivity index (χ1n) is 5.70. The smallest absolute Gasteiger partial charge is 0.252 e. The lowest BCUT2D eigenvalue weighted by Crippen LogP contribution is -2.22. The van der Waals surface area contributed by atoms with Gasteiger partial charge in [-0.05, 0) is 37.6 Å². The summed E-state index contributed by atoms with van der Waals surface area (Å²) >= 11 is 6.00. The summed E-state index contributed by atoms with van der Waals surface area (Å²) in [4.78, 5) is 15.2. The van der Waals surface area contributed by atoms with Crippen LogP contribution in [-0.4, -0.2) is 5.91 Å². The maximum atomic E-state index is 12.0. The van der Waals surface area contributed by atoms with Crippen molar-refractivity contribution in [3.63, 3.8) is 0 Å². The SMILES string of the molecule is Cc1cc(CNC(=O)c2ccccc2S)sc1C. The minimum absolute atomic E-state index is 0.0793. The highest BCUT2D eigenvalue weighted by molar-refractivity contribution is 7.80. The second-order valence-electron chi connectivity index (χ2n) is 4.15. The van der Waals surface area contributed by atoms with Gasteiger partial charge in [-0.15, -0.1) is 24.0 Å². The fraction of sp³-hybridized carbons (Fsp3) is 0.214. The summed E-state index contributed by atoms with van der Waals surface area (Å²) in [6.45, 7) is 4.74. The molecule has 0 aliphatic heterocycles. The minimum Gasteiger partial charge on any atom is -0.347 e. The number of carbonyl (C=O) groups excluding carboxylic acids is 1. The number of rotatable bonds is 3. The van der Waals surface area contributed by atoms with Crippen LogP contribution in [0, 0.1) is 13.8 Å². The van der Waals surface area contributed by atoms with Crippen molar-refractivity contribution < 1.29 is 4.79 Å². The van der Waals surface area contributed by atoms with Crippen molar-refractivity contribution in [1.82, 2.24) is 5.32 Å². The summed E-state index contributed by atoms with van der Waals surface area (Å²) in [5.41, 5.74) is 1.89. The molecule has 0 unspecified atom stereocenters. The molecule has 0 radical (unpaired) electrons. The minimum atomic E-state index is -0.0793. The molecule has 1 aromatic heterocycles. The van der Waals surface area contributed by atoms with Gasteiger partial charge in [0.05, 0.1) is 12.1 Å². The average Bonchev–Trinajstić information content (AvgIpc) is 2.66. The molecule has 0 saturated carbocycles. The Morgan fingerprint density at radius 3 is 2.67 bits per heavy atom. The van der Waals surface area contributed by atoms with Gasteiger partial charge in [-0.2, -0.15) is 0 Å². The lowest BCUT2D eigenvalue weighted by molar-refractivity contribution is 0.0948. The second-order valence-corrected chi connectivity index (χ2v) is 5.97. The number of nitrogens with one attached hydrogen (secondary N) is 1. The fourth-order valence-corrected chi connectivity index (χ4v) is 2.92. The molecule has 0 fully saturated rings. The molecule has 0 aliphatic carbocycles. The third-order valence-corrected chi connectivity index (χ3v) is 4.33. The molecule has 1 N–H and O–H groups in total. The number of carbonyl (C=O) groups is 1. The highest BCUT2D eigenvalue weighted by atomic mass is 32.1. The molecule has 2 nitrogen and oxygen atoms in total. The fourth-order valence-electron chi connectivity index (χ4n) is 1.67. The van der Waals surface area contributed by atoms with E-state index in [-0.39, 0.29) is 5.91 Å². The summed E-state index contributed by atoms with van der Waals surface area (Å²) < 4.78 is 0. The van der Waals surface area contributed by atoms with Crippen LogP contribution in [0.1, 0.15) is 25.7 Å². The molecule has 0 spiro atoms. The normalized spacial score (nSPS) is 10.4. The Balaban J connectivity index is 2.03. The summed E-state index contributed by atoms with van der Waals surface area (Å²) in [5, 5.41) is 2.92. The van der Waals surface area contributed by atoms with Gasteiger partial charge in [0.15, 0.2) is 0 Å². The summed E-state index contributed by atoms with van der Waals surface area (Å²) in [6.07, 6.45) is 0. The first kappa shape index (κ1) is 13.2. The van der Waals surface area contributed by atoms with E-state index >= 15 is 0 Å². The molecule has 94 valence electrons. The van der Waals surface area contributed by atoms with Gasteiger partial charge in [-0.1, -0.05) is 12.1 Å². The monoisotopic (exact) mass is 277 g/mol. The topological polar surface area (TPSA) is 29.1 Å². The molecule has 1 heterocycles. The Morgan fingerprint density at radius 2 is 2.06 bits per heavy atom.